The van der Waals surface area contributed by atoms with Gasteiger partial charge in [-0.1, -0.05) is 33.1 Å². The standard InChI is InChI=1S/C13H22OS/c1-4-6-7-11(5-2)13(14)12-8-9-15-10(12)3/h8-9,11,13-14H,4-7H2,1-3H3. The van der Waals surface area contributed by atoms with Crippen LogP contribution in [-0.2, 0) is 0 Å². The summed E-state index contributed by atoms with van der Waals surface area (Å²) in [4.78, 5) is 1.26. The van der Waals surface area contributed by atoms with E-state index >= 15 is 0 Å². The van der Waals surface area contributed by atoms with Crippen LogP contribution in [0.5, 0.6) is 0 Å². The van der Waals surface area contributed by atoms with Crippen molar-refractivity contribution in [2.45, 2.75) is 52.6 Å². The number of aryl methyl sites for hydroxylation is 1. The largest absolute Gasteiger partial charge is 0.388 e. The zero-order valence-electron chi connectivity index (χ0n) is 9.99. The Morgan fingerprint density at radius 3 is 2.60 bits per heavy atom. The molecule has 2 atom stereocenters. The molecule has 0 saturated carbocycles. The molecule has 1 aromatic heterocycles. The maximum absolute atomic E-state index is 10.3. The van der Waals surface area contributed by atoms with Crippen molar-refractivity contribution in [2.75, 3.05) is 0 Å². The average Bonchev–Trinajstić information content (AvgIpc) is 2.65. The third kappa shape index (κ3) is 3.32. The van der Waals surface area contributed by atoms with Gasteiger partial charge in [0, 0.05) is 4.88 Å². The van der Waals surface area contributed by atoms with Gasteiger partial charge in [-0.2, -0.15) is 0 Å². The monoisotopic (exact) mass is 226 g/mol. The van der Waals surface area contributed by atoms with E-state index in [9.17, 15) is 5.11 Å². The highest BCUT2D eigenvalue weighted by Gasteiger charge is 2.20. The third-order valence-corrected chi connectivity index (χ3v) is 3.98. The minimum Gasteiger partial charge on any atom is -0.388 e. The molecule has 1 N–H and O–H groups in total. The Morgan fingerprint density at radius 2 is 2.13 bits per heavy atom. The second kappa shape index (κ2) is 6.29. The van der Waals surface area contributed by atoms with Gasteiger partial charge in [-0.15, -0.1) is 11.3 Å². The van der Waals surface area contributed by atoms with Gasteiger partial charge in [-0.05, 0) is 36.3 Å². The number of thiophene rings is 1. The molecule has 0 fully saturated rings. The van der Waals surface area contributed by atoms with Crippen LogP contribution in [0.4, 0.5) is 0 Å². The SMILES string of the molecule is CCCCC(CC)C(O)c1ccsc1C. The number of rotatable bonds is 6. The summed E-state index contributed by atoms with van der Waals surface area (Å²) in [7, 11) is 0. The lowest BCUT2D eigenvalue weighted by Gasteiger charge is -2.21. The summed E-state index contributed by atoms with van der Waals surface area (Å²) in [6.07, 6.45) is 4.39. The van der Waals surface area contributed by atoms with Crippen LogP contribution >= 0.6 is 11.3 Å². The summed E-state index contributed by atoms with van der Waals surface area (Å²) in [5.74, 6) is 0.429. The number of hydrogen-bond donors (Lipinski definition) is 1. The van der Waals surface area contributed by atoms with Crippen molar-refractivity contribution in [2.24, 2.45) is 5.92 Å². The Morgan fingerprint density at radius 1 is 1.40 bits per heavy atom. The van der Waals surface area contributed by atoms with Gasteiger partial charge in [0.15, 0.2) is 0 Å². The van der Waals surface area contributed by atoms with E-state index in [1.165, 1.54) is 17.7 Å². The van der Waals surface area contributed by atoms with Crippen molar-refractivity contribution >= 4 is 11.3 Å². The minimum atomic E-state index is -0.257. The summed E-state index contributed by atoms with van der Waals surface area (Å²) in [6, 6.07) is 2.07. The first-order chi connectivity index (χ1) is 7.20. The van der Waals surface area contributed by atoms with Crippen LogP contribution in [-0.4, -0.2) is 5.11 Å². The molecular formula is C13H22OS. The summed E-state index contributed by atoms with van der Waals surface area (Å²) in [5, 5.41) is 12.4. The Kier molecular flexibility index (Phi) is 5.34. The molecule has 2 unspecified atom stereocenters. The molecule has 1 nitrogen and oxygen atoms in total. The zero-order valence-corrected chi connectivity index (χ0v) is 10.8. The molecule has 0 radical (unpaired) electrons. The highest BCUT2D eigenvalue weighted by atomic mass is 32.1. The van der Waals surface area contributed by atoms with Crippen molar-refractivity contribution in [3.8, 4) is 0 Å². The van der Waals surface area contributed by atoms with Crippen molar-refractivity contribution in [1.29, 1.82) is 0 Å². The van der Waals surface area contributed by atoms with Crippen LogP contribution < -0.4 is 0 Å². The van der Waals surface area contributed by atoms with Crippen LogP contribution in [0.25, 0.3) is 0 Å². The normalized spacial score (nSPS) is 15.2. The maximum atomic E-state index is 10.3. The average molecular weight is 226 g/mol. The van der Waals surface area contributed by atoms with Gasteiger partial charge in [0.2, 0.25) is 0 Å². The highest BCUT2D eigenvalue weighted by molar-refractivity contribution is 7.10. The fraction of sp³-hybridized carbons (Fsp3) is 0.692. The van der Waals surface area contributed by atoms with Gasteiger partial charge in [0.25, 0.3) is 0 Å². The fourth-order valence-corrected chi connectivity index (χ4v) is 2.75. The van der Waals surface area contributed by atoms with Gasteiger partial charge in [0.05, 0.1) is 6.10 Å². The first-order valence-electron chi connectivity index (χ1n) is 5.92. The van der Waals surface area contributed by atoms with Gasteiger partial charge >= 0.3 is 0 Å². The Hall–Kier alpha value is -0.340. The number of unbranched alkanes of at least 4 members (excludes halogenated alkanes) is 1. The molecule has 0 spiro atoms. The molecule has 2 heteroatoms. The third-order valence-electron chi connectivity index (χ3n) is 3.12. The lowest BCUT2D eigenvalue weighted by molar-refractivity contribution is 0.0988. The Labute approximate surface area is 97.2 Å². The summed E-state index contributed by atoms with van der Waals surface area (Å²) in [6.45, 7) is 6.47. The van der Waals surface area contributed by atoms with Gasteiger partial charge in [0.1, 0.15) is 0 Å². The van der Waals surface area contributed by atoms with Gasteiger partial charge in [-0.3, -0.25) is 0 Å². The maximum Gasteiger partial charge on any atom is 0.0828 e. The first kappa shape index (κ1) is 12.7. The second-order valence-corrected chi connectivity index (χ2v) is 5.31. The van der Waals surface area contributed by atoms with E-state index in [-0.39, 0.29) is 6.10 Å². The molecule has 1 rings (SSSR count). The van der Waals surface area contributed by atoms with E-state index in [4.69, 9.17) is 0 Å². The van der Waals surface area contributed by atoms with Crippen LogP contribution in [0.1, 0.15) is 56.1 Å². The molecule has 0 aliphatic rings. The summed E-state index contributed by atoms with van der Waals surface area (Å²) < 4.78 is 0. The lowest BCUT2D eigenvalue weighted by Crippen LogP contribution is -2.12. The molecular weight excluding hydrogens is 204 g/mol. The molecule has 86 valence electrons. The summed E-state index contributed by atoms with van der Waals surface area (Å²) >= 11 is 1.72. The molecule has 0 aliphatic carbocycles. The van der Waals surface area contributed by atoms with Crippen molar-refractivity contribution in [3.63, 3.8) is 0 Å². The van der Waals surface area contributed by atoms with E-state index < -0.39 is 0 Å². The first-order valence-corrected chi connectivity index (χ1v) is 6.80. The van der Waals surface area contributed by atoms with E-state index in [0.717, 1.165) is 18.4 Å². The fourth-order valence-electron chi connectivity index (χ4n) is 2.01. The van der Waals surface area contributed by atoms with E-state index in [2.05, 4.69) is 32.2 Å². The molecule has 1 aromatic rings. The minimum absolute atomic E-state index is 0.257. The number of aliphatic hydroxyl groups is 1. The van der Waals surface area contributed by atoms with Crippen molar-refractivity contribution < 1.29 is 5.11 Å². The second-order valence-electron chi connectivity index (χ2n) is 4.19. The van der Waals surface area contributed by atoms with E-state index in [0.29, 0.717) is 5.92 Å². The molecule has 0 aliphatic heterocycles. The number of hydrogen-bond acceptors (Lipinski definition) is 2. The topological polar surface area (TPSA) is 20.2 Å². The Bertz CT molecular complexity index is 280. The Balaban J connectivity index is 2.64. The van der Waals surface area contributed by atoms with E-state index in [1.54, 1.807) is 11.3 Å². The molecule has 0 aromatic carbocycles. The highest BCUT2D eigenvalue weighted by Crippen LogP contribution is 2.32. The molecule has 1 heterocycles. The lowest BCUT2D eigenvalue weighted by atomic mass is 9.89. The van der Waals surface area contributed by atoms with Gasteiger partial charge in [-0.25, -0.2) is 0 Å². The zero-order chi connectivity index (χ0) is 11.3. The predicted molar refractivity (Wildman–Crippen MR) is 67.3 cm³/mol. The van der Waals surface area contributed by atoms with Crippen LogP contribution in [0, 0.1) is 12.8 Å². The van der Waals surface area contributed by atoms with Crippen LogP contribution in [0.15, 0.2) is 11.4 Å². The quantitative estimate of drug-likeness (QED) is 0.766. The van der Waals surface area contributed by atoms with Crippen molar-refractivity contribution in [3.05, 3.63) is 21.9 Å². The molecule has 0 bridgehead atoms. The predicted octanol–water partition coefficient (Wildman–Crippen LogP) is 4.31. The summed E-state index contributed by atoms with van der Waals surface area (Å²) in [5.41, 5.74) is 1.14. The molecule has 0 amide bonds. The molecule has 0 saturated heterocycles. The van der Waals surface area contributed by atoms with E-state index in [1.807, 2.05) is 0 Å². The van der Waals surface area contributed by atoms with Crippen LogP contribution in [0.3, 0.4) is 0 Å². The van der Waals surface area contributed by atoms with Crippen molar-refractivity contribution in [1.82, 2.24) is 0 Å². The smallest absolute Gasteiger partial charge is 0.0828 e. The molecule has 15 heavy (non-hydrogen) atoms. The number of aliphatic hydroxyl groups excluding tert-OH is 1. The van der Waals surface area contributed by atoms with Crippen LogP contribution in [0.2, 0.25) is 0 Å². The van der Waals surface area contributed by atoms with Gasteiger partial charge < -0.3 is 5.11 Å².